The fourth-order valence-electron chi connectivity index (χ4n) is 3.36. The molecule has 1 aromatic carbocycles. The predicted molar refractivity (Wildman–Crippen MR) is 131 cm³/mol. The van der Waals surface area contributed by atoms with Crippen LogP contribution in [0.1, 0.15) is 23.6 Å². The summed E-state index contributed by atoms with van der Waals surface area (Å²) in [5, 5.41) is 11.0. The van der Waals surface area contributed by atoms with Crippen LogP contribution in [0.5, 0.6) is 11.5 Å². The van der Waals surface area contributed by atoms with Crippen molar-refractivity contribution >= 4 is 41.3 Å². The van der Waals surface area contributed by atoms with Crippen molar-refractivity contribution < 1.29 is 9.47 Å². The Morgan fingerprint density at radius 2 is 1.93 bits per heavy atom. The quantitative estimate of drug-likeness (QED) is 0.311. The predicted octanol–water partition coefficient (Wildman–Crippen LogP) is 3.50. The van der Waals surface area contributed by atoms with E-state index in [0.29, 0.717) is 6.54 Å². The van der Waals surface area contributed by atoms with Gasteiger partial charge in [0.2, 0.25) is 0 Å². The van der Waals surface area contributed by atoms with E-state index >= 15 is 0 Å². The van der Waals surface area contributed by atoms with Crippen LogP contribution in [0.3, 0.4) is 0 Å². The fraction of sp³-hybridized carbons (Fsp3) is 0.476. The molecular formula is C21H31IN4O2S. The molecule has 0 fully saturated rings. The fourth-order valence-corrected chi connectivity index (χ4v) is 4.02. The average Bonchev–Trinajstić information content (AvgIpc) is 3.24. The second-order valence-electron chi connectivity index (χ2n) is 6.76. The van der Waals surface area contributed by atoms with Crippen LogP contribution < -0.4 is 20.1 Å². The lowest BCUT2D eigenvalue weighted by molar-refractivity contribution is 0.256. The Kier molecular flexibility index (Phi) is 10.0. The number of halogens is 1. The first kappa shape index (κ1) is 23.8. The van der Waals surface area contributed by atoms with E-state index in [1.54, 1.807) is 25.6 Å². The molecule has 0 unspecified atom stereocenters. The maximum absolute atomic E-state index is 5.46. The van der Waals surface area contributed by atoms with Gasteiger partial charge in [-0.15, -0.1) is 24.0 Å². The number of methoxy groups -OCH3 is 2. The minimum Gasteiger partial charge on any atom is -0.493 e. The zero-order chi connectivity index (χ0) is 19.8. The van der Waals surface area contributed by atoms with Gasteiger partial charge in [-0.3, -0.25) is 4.90 Å². The van der Waals surface area contributed by atoms with E-state index in [1.807, 2.05) is 0 Å². The highest BCUT2D eigenvalue weighted by Crippen LogP contribution is 2.33. The molecule has 2 N–H and O–H groups in total. The maximum Gasteiger partial charge on any atom is 0.191 e. The van der Waals surface area contributed by atoms with Gasteiger partial charge in [0.15, 0.2) is 17.5 Å². The van der Waals surface area contributed by atoms with Gasteiger partial charge in [0.05, 0.1) is 20.8 Å². The molecule has 1 aliphatic rings. The molecule has 0 spiro atoms. The number of hydrogen-bond acceptors (Lipinski definition) is 5. The van der Waals surface area contributed by atoms with Crippen LogP contribution in [-0.4, -0.2) is 51.3 Å². The molecule has 0 amide bonds. The second-order valence-corrected chi connectivity index (χ2v) is 7.54. The maximum atomic E-state index is 5.46. The zero-order valence-corrected chi connectivity index (χ0v) is 20.5. The number of ether oxygens (including phenoxy) is 2. The largest absolute Gasteiger partial charge is 0.493 e. The van der Waals surface area contributed by atoms with Crippen molar-refractivity contribution in [3.05, 3.63) is 45.6 Å². The molecule has 2 aromatic rings. The van der Waals surface area contributed by atoms with Gasteiger partial charge in [0.1, 0.15) is 0 Å². The Bertz CT molecular complexity index is 783. The average molecular weight is 530 g/mol. The second kappa shape index (κ2) is 12.2. The monoisotopic (exact) mass is 530 g/mol. The minimum atomic E-state index is 0. The van der Waals surface area contributed by atoms with Crippen molar-refractivity contribution in [3.8, 4) is 11.5 Å². The summed E-state index contributed by atoms with van der Waals surface area (Å²) in [5.74, 6) is 2.49. The normalized spacial score (nSPS) is 14.0. The van der Waals surface area contributed by atoms with E-state index in [0.717, 1.165) is 56.6 Å². The van der Waals surface area contributed by atoms with Crippen LogP contribution in [0.2, 0.25) is 0 Å². The van der Waals surface area contributed by atoms with Gasteiger partial charge >= 0.3 is 0 Å². The number of rotatable bonds is 8. The Morgan fingerprint density at radius 1 is 1.17 bits per heavy atom. The van der Waals surface area contributed by atoms with Gasteiger partial charge in [-0.25, -0.2) is 4.99 Å². The first-order valence-corrected chi connectivity index (χ1v) is 10.7. The third-order valence-corrected chi connectivity index (χ3v) is 5.59. The van der Waals surface area contributed by atoms with Crippen molar-refractivity contribution in [2.75, 3.05) is 40.4 Å². The molecule has 1 aliphatic heterocycles. The number of aliphatic imine (C=N–C) groups is 1. The van der Waals surface area contributed by atoms with E-state index in [9.17, 15) is 0 Å². The molecule has 0 bridgehead atoms. The summed E-state index contributed by atoms with van der Waals surface area (Å²) in [6.07, 6.45) is 1.03. The lowest BCUT2D eigenvalue weighted by Gasteiger charge is -2.29. The van der Waals surface area contributed by atoms with E-state index < -0.39 is 0 Å². The molecule has 2 heterocycles. The number of nitrogens with one attached hydrogen (secondary N) is 2. The van der Waals surface area contributed by atoms with E-state index in [2.05, 4.69) is 56.4 Å². The molecule has 3 rings (SSSR count). The highest BCUT2D eigenvalue weighted by Gasteiger charge is 2.19. The summed E-state index contributed by atoms with van der Waals surface area (Å²) in [5.41, 5.74) is 3.92. The Morgan fingerprint density at radius 3 is 2.59 bits per heavy atom. The van der Waals surface area contributed by atoms with E-state index in [-0.39, 0.29) is 24.0 Å². The molecule has 0 saturated carbocycles. The Hall–Kier alpha value is -1.52. The highest BCUT2D eigenvalue weighted by atomic mass is 127. The third kappa shape index (κ3) is 6.75. The van der Waals surface area contributed by atoms with Crippen LogP contribution in [0.25, 0.3) is 0 Å². The number of guanidine groups is 1. The van der Waals surface area contributed by atoms with Crippen molar-refractivity contribution in [2.45, 2.75) is 26.4 Å². The minimum absolute atomic E-state index is 0. The van der Waals surface area contributed by atoms with Crippen molar-refractivity contribution in [1.29, 1.82) is 0 Å². The molecule has 1 aromatic heterocycles. The molecule has 8 heteroatoms. The molecule has 0 radical (unpaired) electrons. The summed E-state index contributed by atoms with van der Waals surface area (Å²) >= 11 is 1.71. The SMILES string of the molecule is CCNC(=NCc1ccsc1)NCCN1CCc2cc(OC)c(OC)cc2C1.I. The van der Waals surface area contributed by atoms with Crippen molar-refractivity contribution in [1.82, 2.24) is 15.5 Å². The Labute approximate surface area is 194 Å². The zero-order valence-electron chi connectivity index (χ0n) is 17.4. The lowest BCUT2D eigenvalue weighted by atomic mass is 9.99. The van der Waals surface area contributed by atoms with Gasteiger partial charge in [-0.1, -0.05) is 0 Å². The first-order valence-electron chi connectivity index (χ1n) is 9.72. The van der Waals surface area contributed by atoms with Crippen LogP contribution in [0.4, 0.5) is 0 Å². The summed E-state index contributed by atoms with van der Waals surface area (Å²) in [6, 6.07) is 6.34. The van der Waals surface area contributed by atoms with E-state index in [4.69, 9.17) is 9.47 Å². The number of thiophene rings is 1. The van der Waals surface area contributed by atoms with Gasteiger partial charge in [0.25, 0.3) is 0 Å². The summed E-state index contributed by atoms with van der Waals surface area (Å²) < 4.78 is 10.9. The molecule has 0 atom stereocenters. The van der Waals surface area contributed by atoms with Gasteiger partial charge < -0.3 is 20.1 Å². The summed E-state index contributed by atoms with van der Waals surface area (Å²) in [6.45, 7) is 7.46. The molecular weight excluding hydrogens is 499 g/mol. The van der Waals surface area contributed by atoms with Crippen molar-refractivity contribution in [2.24, 2.45) is 4.99 Å². The topological polar surface area (TPSA) is 58.1 Å². The van der Waals surface area contributed by atoms with Crippen LogP contribution in [-0.2, 0) is 19.5 Å². The van der Waals surface area contributed by atoms with Crippen LogP contribution in [0.15, 0.2) is 34.0 Å². The van der Waals surface area contributed by atoms with E-state index in [1.165, 1.54) is 16.7 Å². The molecule has 0 aliphatic carbocycles. The smallest absolute Gasteiger partial charge is 0.191 e. The molecule has 0 saturated heterocycles. The summed E-state index contributed by atoms with van der Waals surface area (Å²) in [4.78, 5) is 7.13. The summed E-state index contributed by atoms with van der Waals surface area (Å²) in [7, 11) is 3.37. The van der Waals surface area contributed by atoms with Crippen LogP contribution in [0, 0.1) is 0 Å². The Balaban J connectivity index is 0.00000300. The number of nitrogens with zero attached hydrogens (tertiary/aromatic N) is 2. The number of benzene rings is 1. The van der Waals surface area contributed by atoms with Crippen LogP contribution >= 0.6 is 35.3 Å². The standard InChI is InChI=1S/C21H30N4O2S.HI/c1-4-22-21(24-13-16-6-10-28-15-16)23-7-9-25-8-5-17-11-19(26-2)20(27-3)12-18(17)14-25;/h6,10-12,15H,4-5,7-9,13-14H2,1-3H3,(H2,22,23,24);1H. The number of hydrogen-bond donors (Lipinski definition) is 2. The highest BCUT2D eigenvalue weighted by molar-refractivity contribution is 14.0. The molecule has 160 valence electrons. The first-order chi connectivity index (χ1) is 13.7. The molecule has 6 nitrogen and oxygen atoms in total. The third-order valence-electron chi connectivity index (χ3n) is 4.86. The molecule has 29 heavy (non-hydrogen) atoms. The van der Waals surface area contributed by atoms with Gasteiger partial charge in [0, 0.05) is 32.7 Å². The number of fused-ring (bicyclic) bond motifs is 1. The van der Waals surface area contributed by atoms with Crippen molar-refractivity contribution in [3.63, 3.8) is 0 Å². The van der Waals surface area contributed by atoms with Gasteiger partial charge in [-0.2, -0.15) is 11.3 Å². The van der Waals surface area contributed by atoms with Gasteiger partial charge in [-0.05, 0) is 59.0 Å². The lowest BCUT2D eigenvalue weighted by Crippen LogP contribution is -2.42.